The van der Waals surface area contributed by atoms with Gasteiger partial charge >= 0.3 is 0 Å². The maximum Gasteiger partial charge on any atom is 0.251 e. The molecular weight excluding hydrogens is 428 g/mol. The molecule has 4 rings (SSSR count). The summed E-state index contributed by atoms with van der Waals surface area (Å²) in [5, 5.41) is 4.13. The van der Waals surface area contributed by atoms with Crippen molar-refractivity contribution in [2.45, 2.75) is 13.0 Å². The Morgan fingerprint density at radius 3 is 2.69 bits per heavy atom. The Morgan fingerprint density at radius 2 is 1.86 bits per heavy atom. The number of nitrogens with one attached hydrogen (secondary N) is 2. The molecule has 0 atom stereocenters. The summed E-state index contributed by atoms with van der Waals surface area (Å²) in [5.41, 5.74) is 3.99. The van der Waals surface area contributed by atoms with E-state index in [1.54, 1.807) is 0 Å². The summed E-state index contributed by atoms with van der Waals surface area (Å²) in [7, 11) is 0. The minimum absolute atomic E-state index is 0.0669. The van der Waals surface area contributed by atoms with Gasteiger partial charge in [0.15, 0.2) is 0 Å². The van der Waals surface area contributed by atoms with Gasteiger partial charge in [0, 0.05) is 39.7 Å². The number of amides is 1. The van der Waals surface area contributed by atoms with Crippen LogP contribution in [0.4, 0.5) is 0 Å². The molecule has 0 spiro atoms. The molecule has 146 valence electrons. The molecule has 0 aliphatic rings. The first-order chi connectivity index (χ1) is 14.2. The van der Waals surface area contributed by atoms with Crippen molar-refractivity contribution in [2.75, 3.05) is 6.54 Å². The summed E-state index contributed by atoms with van der Waals surface area (Å²) in [4.78, 5) is 15.6. The van der Waals surface area contributed by atoms with Gasteiger partial charge in [0.25, 0.3) is 5.91 Å². The fourth-order valence-electron chi connectivity index (χ4n) is 3.25. The molecule has 5 heteroatoms. The van der Waals surface area contributed by atoms with E-state index < -0.39 is 0 Å². The van der Waals surface area contributed by atoms with Crippen LogP contribution in [0.25, 0.3) is 10.9 Å². The van der Waals surface area contributed by atoms with Crippen LogP contribution < -0.4 is 10.1 Å². The fourth-order valence-corrected chi connectivity index (χ4v) is 3.64. The van der Waals surface area contributed by atoms with Gasteiger partial charge in [-0.2, -0.15) is 0 Å². The zero-order chi connectivity index (χ0) is 20.1. The van der Waals surface area contributed by atoms with E-state index in [4.69, 9.17) is 4.74 Å². The second kappa shape index (κ2) is 8.97. The molecule has 0 aliphatic heterocycles. The number of aromatic amines is 1. The van der Waals surface area contributed by atoms with E-state index >= 15 is 0 Å². The Balaban J connectivity index is 1.35. The number of carbonyl (C=O) groups is 1. The molecule has 0 radical (unpaired) electrons. The highest BCUT2D eigenvalue weighted by Gasteiger charge is 2.08. The Labute approximate surface area is 178 Å². The van der Waals surface area contributed by atoms with Gasteiger partial charge in [0.2, 0.25) is 0 Å². The van der Waals surface area contributed by atoms with Crippen molar-refractivity contribution >= 4 is 32.7 Å². The molecule has 1 aromatic heterocycles. The van der Waals surface area contributed by atoms with Crippen LogP contribution in [0.1, 0.15) is 21.5 Å². The van der Waals surface area contributed by atoms with Crippen LogP contribution in [-0.4, -0.2) is 17.4 Å². The third-order valence-electron chi connectivity index (χ3n) is 4.75. The number of halogens is 1. The van der Waals surface area contributed by atoms with Crippen molar-refractivity contribution in [2.24, 2.45) is 0 Å². The van der Waals surface area contributed by atoms with E-state index in [1.165, 1.54) is 5.56 Å². The molecule has 4 nitrogen and oxygen atoms in total. The molecule has 0 saturated heterocycles. The topological polar surface area (TPSA) is 54.1 Å². The van der Waals surface area contributed by atoms with Gasteiger partial charge in [-0.25, -0.2) is 0 Å². The molecule has 3 aromatic carbocycles. The van der Waals surface area contributed by atoms with Crippen LogP contribution in [0, 0.1) is 0 Å². The van der Waals surface area contributed by atoms with E-state index in [-0.39, 0.29) is 5.91 Å². The number of ether oxygens (including phenoxy) is 1. The largest absolute Gasteiger partial charge is 0.489 e. The van der Waals surface area contributed by atoms with Gasteiger partial charge < -0.3 is 15.0 Å². The fraction of sp³-hybridized carbons (Fsp3) is 0.125. The summed E-state index contributed by atoms with van der Waals surface area (Å²) in [6.45, 7) is 1.12. The second-order valence-corrected chi connectivity index (χ2v) is 7.73. The Bertz CT molecular complexity index is 1120. The monoisotopic (exact) mass is 448 g/mol. The molecule has 1 amide bonds. The van der Waals surface area contributed by atoms with Crippen molar-refractivity contribution in [3.05, 3.63) is 100 Å². The van der Waals surface area contributed by atoms with Crippen LogP contribution in [0.15, 0.2) is 83.5 Å². The highest BCUT2D eigenvalue weighted by atomic mass is 79.9. The van der Waals surface area contributed by atoms with Crippen molar-refractivity contribution in [3.8, 4) is 5.75 Å². The predicted molar refractivity (Wildman–Crippen MR) is 119 cm³/mol. The van der Waals surface area contributed by atoms with Gasteiger partial charge in [0.05, 0.1) is 0 Å². The molecule has 4 aromatic rings. The lowest BCUT2D eigenvalue weighted by molar-refractivity contribution is 0.0954. The first-order valence-electron chi connectivity index (χ1n) is 9.49. The number of rotatable bonds is 7. The number of hydrogen-bond donors (Lipinski definition) is 2. The standard InChI is InChI=1S/C24H21BrN2O2/c25-20-8-4-7-18(13-20)24(28)26-12-11-19-15-27-23-14-21(9-10-22(19)23)29-16-17-5-2-1-3-6-17/h1-10,13-15,27H,11-12,16H2,(H,26,28). The molecule has 0 unspecified atom stereocenters. The maximum absolute atomic E-state index is 12.3. The zero-order valence-electron chi connectivity index (χ0n) is 15.8. The van der Waals surface area contributed by atoms with Crippen LogP contribution >= 0.6 is 15.9 Å². The minimum Gasteiger partial charge on any atom is -0.489 e. The zero-order valence-corrected chi connectivity index (χ0v) is 17.4. The number of carbonyl (C=O) groups excluding carboxylic acids is 1. The van der Waals surface area contributed by atoms with E-state index in [9.17, 15) is 4.79 Å². The van der Waals surface area contributed by atoms with Gasteiger partial charge in [-0.15, -0.1) is 0 Å². The summed E-state index contributed by atoms with van der Waals surface area (Å²) in [6.07, 6.45) is 2.75. The van der Waals surface area contributed by atoms with E-state index in [0.717, 1.165) is 33.1 Å². The van der Waals surface area contributed by atoms with Crippen LogP contribution in [-0.2, 0) is 13.0 Å². The third-order valence-corrected chi connectivity index (χ3v) is 5.25. The number of aromatic nitrogens is 1. The molecule has 0 bridgehead atoms. The summed E-state index contributed by atoms with van der Waals surface area (Å²) < 4.78 is 6.80. The highest BCUT2D eigenvalue weighted by molar-refractivity contribution is 9.10. The highest BCUT2D eigenvalue weighted by Crippen LogP contribution is 2.24. The quantitative estimate of drug-likeness (QED) is 0.393. The van der Waals surface area contributed by atoms with Crippen molar-refractivity contribution in [1.82, 2.24) is 10.3 Å². The number of benzene rings is 3. The first kappa shape index (κ1) is 19.3. The van der Waals surface area contributed by atoms with E-state index in [2.05, 4.69) is 32.3 Å². The third kappa shape index (κ3) is 4.87. The van der Waals surface area contributed by atoms with Crippen molar-refractivity contribution in [3.63, 3.8) is 0 Å². The molecule has 0 fully saturated rings. The Hall–Kier alpha value is -3.05. The average molecular weight is 449 g/mol. The van der Waals surface area contributed by atoms with E-state index in [0.29, 0.717) is 18.7 Å². The van der Waals surface area contributed by atoms with Gasteiger partial charge in [-0.1, -0.05) is 52.3 Å². The lowest BCUT2D eigenvalue weighted by atomic mass is 10.1. The number of H-pyrrole nitrogens is 1. The smallest absolute Gasteiger partial charge is 0.251 e. The molecule has 2 N–H and O–H groups in total. The molecule has 0 saturated carbocycles. The van der Waals surface area contributed by atoms with Gasteiger partial charge in [-0.3, -0.25) is 4.79 Å². The molecular formula is C24H21BrN2O2. The van der Waals surface area contributed by atoms with Gasteiger partial charge in [0.1, 0.15) is 12.4 Å². The Morgan fingerprint density at radius 1 is 1.00 bits per heavy atom. The lowest BCUT2D eigenvalue weighted by Gasteiger charge is -2.07. The minimum atomic E-state index is -0.0669. The first-order valence-corrected chi connectivity index (χ1v) is 10.3. The normalized spacial score (nSPS) is 10.8. The second-order valence-electron chi connectivity index (χ2n) is 6.81. The van der Waals surface area contributed by atoms with Crippen LogP contribution in [0.5, 0.6) is 5.75 Å². The van der Waals surface area contributed by atoms with Crippen LogP contribution in [0.2, 0.25) is 0 Å². The van der Waals surface area contributed by atoms with Gasteiger partial charge in [-0.05, 0) is 47.9 Å². The molecule has 29 heavy (non-hydrogen) atoms. The van der Waals surface area contributed by atoms with E-state index in [1.807, 2.05) is 72.9 Å². The van der Waals surface area contributed by atoms with Crippen molar-refractivity contribution < 1.29 is 9.53 Å². The SMILES string of the molecule is O=C(NCCc1c[nH]c2cc(OCc3ccccc3)ccc12)c1cccc(Br)c1. The molecule has 1 heterocycles. The summed E-state index contributed by atoms with van der Waals surface area (Å²) in [6, 6.07) is 23.6. The summed E-state index contributed by atoms with van der Waals surface area (Å²) >= 11 is 3.39. The predicted octanol–water partition coefficient (Wildman–Crippen LogP) is 5.48. The number of fused-ring (bicyclic) bond motifs is 1. The average Bonchev–Trinajstić information content (AvgIpc) is 3.15. The van der Waals surface area contributed by atoms with Crippen molar-refractivity contribution in [1.29, 1.82) is 0 Å². The molecule has 0 aliphatic carbocycles. The number of hydrogen-bond acceptors (Lipinski definition) is 2. The van der Waals surface area contributed by atoms with Crippen LogP contribution in [0.3, 0.4) is 0 Å². The lowest BCUT2D eigenvalue weighted by Crippen LogP contribution is -2.25. The maximum atomic E-state index is 12.3. The summed E-state index contributed by atoms with van der Waals surface area (Å²) in [5.74, 6) is 0.764. The Kier molecular flexibility index (Phi) is 5.96.